The number of ether oxygens (including phenoxy) is 1. The molecule has 10 heteroatoms. The van der Waals surface area contributed by atoms with Gasteiger partial charge in [-0.25, -0.2) is 14.2 Å². The average Bonchev–Trinajstić information content (AvgIpc) is 2.47. The van der Waals surface area contributed by atoms with Gasteiger partial charge >= 0.3 is 6.09 Å². The Morgan fingerprint density at radius 2 is 2.20 bits per heavy atom. The second-order valence-corrected chi connectivity index (χ2v) is 8.96. The van der Waals surface area contributed by atoms with Crippen LogP contribution in [0.25, 0.3) is 0 Å². The molecule has 0 aromatic carbocycles. The molecule has 1 N–H and O–H groups in total. The highest BCUT2D eigenvalue weighted by Crippen LogP contribution is 2.28. The summed E-state index contributed by atoms with van der Waals surface area (Å²) >= 11 is 3.19. The Balaban J connectivity index is 2.33. The maximum Gasteiger partial charge on any atom is 0.413 e. The molecule has 0 aliphatic carbocycles. The number of halogens is 3. The molecule has 138 valence electrons. The predicted molar refractivity (Wildman–Crippen MR) is 94.2 cm³/mol. The molecule has 25 heavy (non-hydrogen) atoms. The van der Waals surface area contributed by atoms with E-state index in [1.165, 1.54) is 12.3 Å². The first-order chi connectivity index (χ1) is 11.6. The molecule has 0 bridgehead atoms. The van der Waals surface area contributed by atoms with Crippen molar-refractivity contribution < 1.29 is 22.5 Å². The van der Waals surface area contributed by atoms with Gasteiger partial charge in [-0.15, -0.1) is 0 Å². The molecule has 0 saturated heterocycles. The quantitative estimate of drug-likeness (QED) is 0.720. The number of amides is 1. The second-order valence-electron chi connectivity index (χ2n) is 6.38. The Kier molecular flexibility index (Phi) is 6.26. The van der Waals surface area contributed by atoms with E-state index in [0.717, 1.165) is 0 Å². The molecular formula is C15H18BrF2N3O3S. The van der Waals surface area contributed by atoms with E-state index in [-0.39, 0.29) is 17.2 Å². The first-order valence-corrected chi connectivity index (χ1v) is 9.60. The van der Waals surface area contributed by atoms with Crippen molar-refractivity contribution >= 4 is 38.7 Å². The van der Waals surface area contributed by atoms with Crippen LogP contribution in [0.1, 0.15) is 32.4 Å². The zero-order valence-corrected chi connectivity index (χ0v) is 16.3. The van der Waals surface area contributed by atoms with Gasteiger partial charge in [0, 0.05) is 27.0 Å². The number of hydrogen-bond acceptors (Lipinski definition) is 5. The number of rotatable bonds is 2. The van der Waals surface area contributed by atoms with E-state index in [9.17, 15) is 17.8 Å². The third-order valence-electron chi connectivity index (χ3n) is 3.20. The largest absolute Gasteiger partial charge is 0.444 e. The van der Waals surface area contributed by atoms with E-state index in [2.05, 4.69) is 31.2 Å². The SMILES string of the molecule is CC(C)(C)OC(=O)NC1=NC(c2cc(Br)cnc2F)CS(=O)C1CF. The van der Waals surface area contributed by atoms with Gasteiger partial charge in [-0.2, -0.15) is 4.39 Å². The lowest BCUT2D eigenvalue weighted by Gasteiger charge is -2.27. The van der Waals surface area contributed by atoms with Gasteiger partial charge in [0.05, 0.1) is 11.8 Å². The standard InChI is InChI=1S/C15H18BrF2N3O3S/c1-15(2,3)24-14(22)21-13-11(5-17)25(23)7-10(20-13)9-4-8(16)6-19-12(9)18/h4,6,10-11H,5,7H2,1-3H3,(H,20,21,22). The molecule has 3 atom stereocenters. The van der Waals surface area contributed by atoms with Gasteiger partial charge in [0.15, 0.2) is 0 Å². The molecule has 2 heterocycles. The van der Waals surface area contributed by atoms with Gasteiger partial charge in [0.2, 0.25) is 5.95 Å². The fourth-order valence-electron chi connectivity index (χ4n) is 2.18. The van der Waals surface area contributed by atoms with Crippen molar-refractivity contribution in [2.45, 2.75) is 37.7 Å². The summed E-state index contributed by atoms with van der Waals surface area (Å²) in [5.41, 5.74) is -0.646. The van der Waals surface area contributed by atoms with Crippen molar-refractivity contribution in [1.29, 1.82) is 0 Å². The first kappa shape index (κ1) is 19.9. The van der Waals surface area contributed by atoms with Gasteiger partial charge in [-0.05, 0) is 42.8 Å². The van der Waals surface area contributed by atoms with E-state index in [1.807, 2.05) is 0 Å². The second kappa shape index (κ2) is 7.86. The summed E-state index contributed by atoms with van der Waals surface area (Å²) in [5.74, 6) is -0.946. The van der Waals surface area contributed by atoms with Gasteiger partial charge in [-0.3, -0.25) is 14.5 Å². The molecule has 6 nitrogen and oxygen atoms in total. The minimum absolute atomic E-state index is 0.0663. The monoisotopic (exact) mass is 437 g/mol. The maximum atomic E-state index is 14.0. The summed E-state index contributed by atoms with van der Waals surface area (Å²) in [6.07, 6.45) is 0.447. The molecule has 0 saturated carbocycles. The minimum atomic E-state index is -1.68. The Hall–Kier alpha value is -1.42. The van der Waals surface area contributed by atoms with Gasteiger partial charge in [0.1, 0.15) is 23.4 Å². The molecule has 1 aromatic heterocycles. The molecule has 2 rings (SSSR count). The van der Waals surface area contributed by atoms with E-state index < -0.39 is 46.4 Å². The van der Waals surface area contributed by atoms with Crippen molar-refractivity contribution in [2.75, 3.05) is 12.4 Å². The summed E-state index contributed by atoms with van der Waals surface area (Å²) in [6.45, 7) is 4.05. The molecule has 1 aliphatic heterocycles. The van der Waals surface area contributed by atoms with Crippen LogP contribution in [0.3, 0.4) is 0 Å². The molecular weight excluding hydrogens is 420 g/mol. The number of carbonyl (C=O) groups excluding carboxylic acids is 1. The van der Waals surface area contributed by atoms with Crippen molar-refractivity contribution in [3.63, 3.8) is 0 Å². The van der Waals surface area contributed by atoms with Crippen LogP contribution in [0.15, 0.2) is 21.7 Å². The maximum absolute atomic E-state index is 14.0. The van der Waals surface area contributed by atoms with Crippen LogP contribution in [0.5, 0.6) is 0 Å². The van der Waals surface area contributed by atoms with Crippen LogP contribution in [-0.4, -0.2) is 44.4 Å². The fourth-order valence-corrected chi connectivity index (χ4v) is 3.84. The van der Waals surface area contributed by atoms with Crippen LogP contribution in [0.2, 0.25) is 0 Å². The van der Waals surface area contributed by atoms with Crippen molar-refractivity contribution in [1.82, 2.24) is 10.3 Å². The van der Waals surface area contributed by atoms with Crippen LogP contribution in [-0.2, 0) is 15.5 Å². The zero-order valence-electron chi connectivity index (χ0n) is 13.9. The normalized spacial score (nSPS) is 23.8. The number of carbonyl (C=O) groups is 1. The summed E-state index contributed by atoms with van der Waals surface area (Å²) < 4.78 is 45.2. The molecule has 1 aliphatic rings. The lowest BCUT2D eigenvalue weighted by molar-refractivity contribution is 0.0562. The average molecular weight is 438 g/mol. The van der Waals surface area contributed by atoms with Gasteiger partial charge < -0.3 is 4.74 Å². The first-order valence-electron chi connectivity index (χ1n) is 7.42. The highest BCUT2D eigenvalue weighted by Gasteiger charge is 2.34. The summed E-state index contributed by atoms with van der Waals surface area (Å²) in [7, 11) is -1.68. The molecule has 0 fully saturated rings. The van der Waals surface area contributed by atoms with Crippen LogP contribution >= 0.6 is 15.9 Å². The lowest BCUT2D eigenvalue weighted by atomic mass is 10.1. The zero-order chi connectivity index (χ0) is 18.8. The topological polar surface area (TPSA) is 80.7 Å². The third kappa shape index (κ3) is 5.27. The lowest BCUT2D eigenvalue weighted by Crippen LogP contribution is -2.47. The highest BCUT2D eigenvalue weighted by molar-refractivity contribution is 9.10. The van der Waals surface area contributed by atoms with Crippen molar-refractivity contribution in [3.05, 3.63) is 28.2 Å². The number of amidine groups is 1. The number of alkyl carbamates (subject to hydrolysis) is 1. The Morgan fingerprint density at radius 3 is 2.80 bits per heavy atom. The van der Waals surface area contributed by atoms with E-state index in [0.29, 0.717) is 4.47 Å². The molecule has 0 spiro atoms. The van der Waals surface area contributed by atoms with Crippen molar-refractivity contribution in [2.24, 2.45) is 4.99 Å². The van der Waals surface area contributed by atoms with Crippen LogP contribution in [0.4, 0.5) is 13.6 Å². The number of hydrogen-bond donors (Lipinski definition) is 1. The number of nitrogens with one attached hydrogen (secondary N) is 1. The minimum Gasteiger partial charge on any atom is -0.444 e. The molecule has 1 aromatic rings. The summed E-state index contributed by atoms with van der Waals surface area (Å²) in [5, 5.41) is 1.25. The summed E-state index contributed by atoms with van der Waals surface area (Å²) in [4.78, 5) is 19.7. The van der Waals surface area contributed by atoms with E-state index in [1.54, 1.807) is 20.8 Å². The predicted octanol–water partition coefficient (Wildman–Crippen LogP) is 3.05. The number of nitrogens with zero attached hydrogens (tertiary/aromatic N) is 2. The number of aliphatic imine (C=N–C) groups is 1. The van der Waals surface area contributed by atoms with E-state index in [4.69, 9.17) is 4.74 Å². The van der Waals surface area contributed by atoms with Crippen molar-refractivity contribution in [3.8, 4) is 0 Å². The van der Waals surface area contributed by atoms with E-state index >= 15 is 0 Å². The number of alkyl halides is 1. The molecule has 0 radical (unpaired) electrons. The highest BCUT2D eigenvalue weighted by atomic mass is 79.9. The van der Waals surface area contributed by atoms with Crippen LogP contribution < -0.4 is 5.32 Å². The Bertz CT molecular complexity index is 724. The van der Waals surface area contributed by atoms with Gasteiger partial charge in [-0.1, -0.05) is 0 Å². The third-order valence-corrected chi connectivity index (χ3v) is 5.26. The van der Waals surface area contributed by atoms with Gasteiger partial charge in [0.25, 0.3) is 0 Å². The molecule has 3 unspecified atom stereocenters. The Morgan fingerprint density at radius 1 is 1.52 bits per heavy atom. The number of aromatic nitrogens is 1. The smallest absolute Gasteiger partial charge is 0.413 e. The Labute approximate surface area is 155 Å². The molecule has 1 amide bonds. The van der Waals surface area contributed by atoms with Crippen LogP contribution in [0, 0.1) is 5.95 Å². The summed E-state index contributed by atoms with van der Waals surface area (Å²) in [6, 6.07) is 0.618. The number of pyridine rings is 1. The fraction of sp³-hybridized carbons (Fsp3) is 0.533.